The highest BCUT2D eigenvalue weighted by atomic mass is 16.7. The molecule has 1 unspecified atom stereocenters. The molecule has 1 aliphatic heterocycles. The molecule has 0 radical (unpaired) electrons. The number of benzene rings is 1. The first-order chi connectivity index (χ1) is 9.11. The van der Waals surface area contributed by atoms with Gasteiger partial charge in [0.2, 0.25) is 6.79 Å². The van der Waals surface area contributed by atoms with E-state index >= 15 is 0 Å². The fourth-order valence-electron chi connectivity index (χ4n) is 2.27. The summed E-state index contributed by atoms with van der Waals surface area (Å²) >= 11 is 0. The Hall–Kier alpha value is -2.48. The first-order valence-electron chi connectivity index (χ1n) is 5.94. The summed E-state index contributed by atoms with van der Waals surface area (Å²) in [7, 11) is 1.69. The lowest BCUT2D eigenvalue weighted by atomic mass is 10.0. The number of fused-ring (bicyclic) bond motifs is 2. The van der Waals surface area contributed by atoms with Crippen molar-refractivity contribution in [1.82, 2.24) is 4.57 Å². The predicted molar refractivity (Wildman–Crippen MR) is 69.3 cm³/mol. The van der Waals surface area contributed by atoms with Gasteiger partial charge in [-0.25, -0.2) is 0 Å². The SMILES string of the molecule is CC(C#N)c1cc2cc3c(cc2n(C)c1=O)OCO3. The van der Waals surface area contributed by atoms with Crippen molar-refractivity contribution in [3.05, 3.63) is 34.1 Å². The molecule has 2 aromatic rings. The highest BCUT2D eigenvalue weighted by Crippen LogP contribution is 2.36. The van der Waals surface area contributed by atoms with Crippen LogP contribution in [-0.4, -0.2) is 11.4 Å². The maximum absolute atomic E-state index is 12.2. The van der Waals surface area contributed by atoms with E-state index < -0.39 is 5.92 Å². The van der Waals surface area contributed by atoms with Crippen molar-refractivity contribution in [3.8, 4) is 17.6 Å². The zero-order valence-electron chi connectivity index (χ0n) is 10.6. The molecule has 0 saturated carbocycles. The molecule has 0 bridgehead atoms. The van der Waals surface area contributed by atoms with Crippen LogP contribution < -0.4 is 15.0 Å². The van der Waals surface area contributed by atoms with Crippen molar-refractivity contribution in [2.75, 3.05) is 6.79 Å². The molecule has 3 rings (SSSR count). The Morgan fingerprint density at radius 2 is 2.00 bits per heavy atom. The predicted octanol–water partition coefficient (Wildman–Crippen LogP) is 1.89. The summed E-state index contributed by atoms with van der Waals surface area (Å²) in [5.41, 5.74) is 1.11. The highest BCUT2D eigenvalue weighted by Gasteiger charge is 2.18. The van der Waals surface area contributed by atoms with Gasteiger partial charge in [-0.1, -0.05) is 0 Å². The fraction of sp³-hybridized carbons (Fsp3) is 0.286. The molecule has 0 spiro atoms. The van der Waals surface area contributed by atoms with Gasteiger partial charge in [-0.2, -0.15) is 5.26 Å². The number of rotatable bonds is 1. The molecule has 0 fully saturated rings. The van der Waals surface area contributed by atoms with Gasteiger partial charge in [0.15, 0.2) is 11.5 Å². The Kier molecular flexibility index (Phi) is 2.46. The molecule has 1 aromatic carbocycles. The van der Waals surface area contributed by atoms with E-state index in [1.54, 1.807) is 30.7 Å². The van der Waals surface area contributed by atoms with Gasteiger partial charge in [0.05, 0.1) is 17.5 Å². The van der Waals surface area contributed by atoms with Crippen molar-refractivity contribution >= 4 is 10.9 Å². The third-order valence-electron chi connectivity index (χ3n) is 3.41. The smallest absolute Gasteiger partial charge is 0.255 e. The van der Waals surface area contributed by atoms with Crippen molar-refractivity contribution in [2.45, 2.75) is 12.8 Å². The molecule has 96 valence electrons. The maximum atomic E-state index is 12.2. The second-order valence-electron chi connectivity index (χ2n) is 4.58. The van der Waals surface area contributed by atoms with Crippen LogP contribution in [0.15, 0.2) is 23.0 Å². The van der Waals surface area contributed by atoms with E-state index in [2.05, 4.69) is 6.07 Å². The Morgan fingerprint density at radius 1 is 1.32 bits per heavy atom. The van der Waals surface area contributed by atoms with Crippen LogP contribution in [0.25, 0.3) is 10.9 Å². The summed E-state index contributed by atoms with van der Waals surface area (Å²) in [6.45, 7) is 1.91. The largest absolute Gasteiger partial charge is 0.454 e. The molecule has 1 aromatic heterocycles. The van der Waals surface area contributed by atoms with Gasteiger partial charge in [0.1, 0.15) is 0 Å². The minimum Gasteiger partial charge on any atom is -0.454 e. The average Bonchev–Trinajstić information content (AvgIpc) is 2.87. The third-order valence-corrected chi connectivity index (χ3v) is 3.41. The first kappa shape index (κ1) is 11.6. The van der Waals surface area contributed by atoms with Gasteiger partial charge in [0.25, 0.3) is 5.56 Å². The molecule has 2 heterocycles. The number of hydrogen-bond acceptors (Lipinski definition) is 4. The van der Waals surface area contributed by atoms with Gasteiger partial charge in [-0.3, -0.25) is 4.79 Å². The van der Waals surface area contributed by atoms with Crippen molar-refractivity contribution < 1.29 is 9.47 Å². The topological polar surface area (TPSA) is 64.2 Å². The molecule has 0 amide bonds. The summed E-state index contributed by atoms with van der Waals surface area (Å²) in [4.78, 5) is 12.2. The Morgan fingerprint density at radius 3 is 2.68 bits per heavy atom. The summed E-state index contributed by atoms with van der Waals surface area (Å²) in [5, 5.41) is 9.85. The number of hydrogen-bond donors (Lipinski definition) is 0. The Balaban J connectivity index is 2.35. The third kappa shape index (κ3) is 1.65. The van der Waals surface area contributed by atoms with Crippen molar-refractivity contribution in [2.24, 2.45) is 7.05 Å². The molecule has 0 aliphatic carbocycles. The summed E-state index contributed by atoms with van der Waals surface area (Å²) in [5.74, 6) is 0.874. The number of nitriles is 1. The molecule has 5 heteroatoms. The van der Waals surface area contributed by atoms with Gasteiger partial charge >= 0.3 is 0 Å². The molecule has 19 heavy (non-hydrogen) atoms. The lowest BCUT2D eigenvalue weighted by molar-refractivity contribution is 0.174. The summed E-state index contributed by atoms with van der Waals surface area (Å²) in [6.07, 6.45) is 0. The van der Waals surface area contributed by atoms with Crippen molar-refractivity contribution in [3.63, 3.8) is 0 Å². The maximum Gasteiger partial charge on any atom is 0.255 e. The van der Waals surface area contributed by atoms with Crippen LogP contribution in [-0.2, 0) is 7.05 Å². The van der Waals surface area contributed by atoms with Gasteiger partial charge in [-0.05, 0) is 19.1 Å². The molecular weight excluding hydrogens is 244 g/mol. The van der Waals surface area contributed by atoms with Crippen LogP contribution in [0.2, 0.25) is 0 Å². The van der Waals surface area contributed by atoms with Gasteiger partial charge < -0.3 is 14.0 Å². The lowest BCUT2D eigenvalue weighted by Gasteiger charge is -2.10. The molecule has 0 saturated heterocycles. The standard InChI is InChI=1S/C14H12N2O3/c1-8(6-15)10-3-9-4-12-13(19-7-18-12)5-11(9)16(2)14(10)17/h3-5,8H,7H2,1-2H3. The zero-order valence-corrected chi connectivity index (χ0v) is 10.6. The van der Waals surface area contributed by atoms with E-state index in [0.29, 0.717) is 17.1 Å². The van der Waals surface area contributed by atoms with Gasteiger partial charge in [-0.15, -0.1) is 0 Å². The van der Waals surface area contributed by atoms with E-state index in [0.717, 1.165) is 10.9 Å². The van der Waals surface area contributed by atoms with E-state index in [4.69, 9.17) is 14.7 Å². The first-order valence-corrected chi connectivity index (χ1v) is 5.94. The number of pyridine rings is 1. The van der Waals surface area contributed by atoms with E-state index in [1.807, 2.05) is 6.07 Å². The van der Waals surface area contributed by atoms with E-state index in [1.165, 1.54) is 0 Å². The van der Waals surface area contributed by atoms with Crippen molar-refractivity contribution in [1.29, 1.82) is 5.26 Å². The summed E-state index contributed by atoms with van der Waals surface area (Å²) < 4.78 is 12.2. The molecule has 0 N–H and O–H groups in total. The van der Waals surface area contributed by atoms with Crippen LogP contribution in [0.1, 0.15) is 18.4 Å². The van der Waals surface area contributed by atoms with Gasteiger partial charge in [0, 0.05) is 24.1 Å². The van der Waals surface area contributed by atoms with Crippen LogP contribution in [0.5, 0.6) is 11.5 Å². The molecule has 5 nitrogen and oxygen atoms in total. The van der Waals surface area contributed by atoms with E-state index in [9.17, 15) is 4.79 Å². The van der Waals surface area contributed by atoms with Crippen LogP contribution in [0.3, 0.4) is 0 Å². The molecule has 1 aliphatic rings. The zero-order chi connectivity index (χ0) is 13.6. The molecule has 1 atom stereocenters. The normalized spacial score (nSPS) is 14.4. The van der Waals surface area contributed by atoms with E-state index in [-0.39, 0.29) is 12.4 Å². The van der Waals surface area contributed by atoms with Crippen LogP contribution in [0, 0.1) is 11.3 Å². The molecular formula is C14H12N2O3. The van der Waals surface area contributed by atoms with Crippen LogP contribution in [0.4, 0.5) is 0 Å². The summed E-state index contributed by atoms with van der Waals surface area (Å²) in [6, 6.07) is 7.48. The average molecular weight is 256 g/mol. The second-order valence-corrected chi connectivity index (χ2v) is 4.58. The fourth-order valence-corrected chi connectivity index (χ4v) is 2.27. The Labute approximate surface area is 109 Å². The number of nitrogens with zero attached hydrogens (tertiary/aromatic N) is 2. The quantitative estimate of drug-likeness (QED) is 0.781. The van der Waals surface area contributed by atoms with Crippen LogP contribution >= 0.6 is 0 Å². The number of aromatic nitrogens is 1. The highest BCUT2D eigenvalue weighted by molar-refractivity contribution is 5.84. The minimum atomic E-state index is -0.437. The number of aryl methyl sites for hydroxylation is 1. The second kappa shape index (κ2) is 4.02. The monoisotopic (exact) mass is 256 g/mol. The number of ether oxygens (including phenoxy) is 2. The lowest BCUT2D eigenvalue weighted by Crippen LogP contribution is -2.22. The Bertz CT molecular complexity index is 771. The minimum absolute atomic E-state index is 0.152.